The van der Waals surface area contributed by atoms with Gasteiger partial charge in [-0.1, -0.05) is 12.1 Å². The molecule has 0 bridgehead atoms. The van der Waals surface area contributed by atoms with Crippen LogP contribution >= 0.6 is 11.3 Å². The zero-order chi connectivity index (χ0) is 14.3. The molecule has 0 spiro atoms. The van der Waals surface area contributed by atoms with Crippen LogP contribution in [-0.4, -0.2) is 4.98 Å². The molecular weight excluding hydrogens is 275 g/mol. The van der Waals surface area contributed by atoms with Crippen LogP contribution in [-0.2, 0) is 0 Å². The monoisotopic (exact) mass is 284 g/mol. The van der Waals surface area contributed by atoms with Gasteiger partial charge in [-0.3, -0.25) is 4.79 Å². The Morgan fingerprint density at radius 1 is 1.30 bits per heavy atom. The number of benzene rings is 1. The Balaban J connectivity index is 2.39. The van der Waals surface area contributed by atoms with Crippen molar-refractivity contribution < 1.29 is 4.39 Å². The molecule has 0 aliphatic heterocycles. The number of hydrogen-bond donors (Lipinski definition) is 1. The van der Waals surface area contributed by atoms with Gasteiger partial charge in [-0.15, -0.1) is 11.3 Å². The quantitative estimate of drug-likeness (QED) is 0.742. The van der Waals surface area contributed by atoms with Gasteiger partial charge in [0, 0.05) is 16.8 Å². The minimum Gasteiger partial charge on any atom is -0.325 e. The van der Waals surface area contributed by atoms with Gasteiger partial charge < -0.3 is 4.98 Å². The van der Waals surface area contributed by atoms with E-state index in [1.54, 1.807) is 25.1 Å². The summed E-state index contributed by atoms with van der Waals surface area (Å²) in [6.07, 6.45) is 0. The Hall–Kier alpha value is -2.45. The van der Waals surface area contributed by atoms with Crippen LogP contribution in [0, 0.1) is 24.1 Å². The van der Waals surface area contributed by atoms with Gasteiger partial charge in [0.2, 0.25) is 0 Å². The highest BCUT2D eigenvalue weighted by molar-refractivity contribution is 7.17. The topological polar surface area (TPSA) is 56.6 Å². The molecule has 0 radical (unpaired) electrons. The van der Waals surface area contributed by atoms with Crippen LogP contribution in [0.2, 0.25) is 0 Å². The molecule has 3 rings (SSSR count). The summed E-state index contributed by atoms with van der Waals surface area (Å²) in [5.74, 6) is -0.390. The average Bonchev–Trinajstić information content (AvgIpc) is 2.87. The number of aromatic nitrogens is 1. The van der Waals surface area contributed by atoms with Crippen LogP contribution in [0.15, 0.2) is 34.4 Å². The van der Waals surface area contributed by atoms with Crippen molar-refractivity contribution >= 4 is 21.4 Å². The SMILES string of the molecule is Cc1cc(-c2ccc3ccsc3c2F)c(C#N)c(=O)[nH]1. The maximum atomic E-state index is 14.6. The molecule has 3 aromatic rings. The van der Waals surface area contributed by atoms with E-state index in [-0.39, 0.29) is 16.9 Å². The van der Waals surface area contributed by atoms with Crippen molar-refractivity contribution in [3.05, 3.63) is 57.1 Å². The molecule has 98 valence electrons. The van der Waals surface area contributed by atoms with E-state index in [9.17, 15) is 9.18 Å². The number of fused-ring (bicyclic) bond motifs is 1. The van der Waals surface area contributed by atoms with Crippen molar-refractivity contribution in [1.82, 2.24) is 4.98 Å². The van der Waals surface area contributed by atoms with Crippen molar-refractivity contribution in [3.8, 4) is 17.2 Å². The summed E-state index contributed by atoms with van der Waals surface area (Å²) >= 11 is 1.30. The van der Waals surface area contributed by atoms with Crippen LogP contribution in [0.25, 0.3) is 21.2 Å². The van der Waals surface area contributed by atoms with E-state index in [1.165, 1.54) is 11.3 Å². The second kappa shape index (κ2) is 4.58. The molecule has 0 atom stereocenters. The second-order valence-corrected chi connectivity index (χ2v) is 5.36. The van der Waals surface area contributed by atoms with Crippen molar-refractivity contribution in [2.75, 3.05) is 0 Å². The van der Waals surface area contributed by atoms with Crippen molar-refractivity contribution in [2.24, 2.45) is 0 Å². The molecule has 0 aliphatic carbocycles. The van der Waals surface area contributed by atoms with Crippen LogP contribution in [0.1, 0.15) is 11.3 Å². The van der Waals surface area contributed by atoms with E-state index in [1.807, 2.05) is 17.5 Å². The number of aromatic amines is 1. The van der Waals surface area contributed by atoms with Gasteiger partial charge in [0.05, 0.1) is 4.70 Å². The standard InChI is InChI=1S/C15H9FN2OS/c1-8-6-11(12(7-17)15(19)18-8)10-3-2-9-4-5-20-14(9)13(10)16/h2-6H,1H3,(H,18,19). The molecule has 20 heavy (non-hydrogen) atoms. The Bertz CT molecular complexity index is 918. The normalized spacial score (nSPS) is 10.7. The lowest BCUT2D eigenvalue weighted by atomic mass is 10.00. The number of nitriles is 1. The van der Waals surface area contributed by atoms with Crippen molar-refractivity contribution in [3.63, 3.8) is 0 Å². The number of pyridine rings is 1. The third-order valence-electron chi connectivity index (χ3n) is 3.13. The largest absolute Gasteiger partial charge is 0.325 e. The van der Waals surface area contributed by atoms with E-state index < -0.39 is 5.56 Å². The number of hydrogen-bond acceptors (Lipinski definition) is 3. The van der Waals surface area contributed by atoms with E-state index in [0.29, 0.717) is 16.0 Å². The number of H-pyrrole nitrogens is 1. The fourth-order valence-electron chi connectivity index (χ4n) is 2.22. The summed E-state index contributed by atoms with van der Waals surface area (Å²) in [4.78, 5) is 14.3. The maximum Gasteiger partial charge on any atom is 0.266 e. The number of nitrogens with one attached hydrogen (secondary N) is 1. The molecule has 5 heteroatoms. The van der Waals surface area contributed by atoms with E-state index in [2.05, 4.69) is 4.98 Å². The molecule has 0 aliphatic rings. The predicted octanol–water partition coefficient (Wildman–Crippen LogP) is 3.58. The first kappa shape index (κ1) is 12.6. The molecule has 0 amide bonds. The van der Waals surface area contributed by atoms with Crippen molar-refractivity contribution in [2.45, 2.75) is 6.92 Å². The van der Waals surface area contributed by atoms with Gasteiger partial charge in [-0.2, -0.15) is 5.26 Å². The second-order valence-electron chi connectivity index (χ2n) is 4.45. The highest BCUT2D eigenvalue weighted by Crippen LogP contribution is 2.32. The predicted molar refractivity (Wildman–Crippen MR) is 77.3 cm³/mol. The first-order valence-electron chi connectivity index (χ1n) is 5.92. The van der Waals surface area contributed by atoms with Gasteiger partial charge in [0.25, 0.3) is 5.56 Å². The lowest BCUT2D eigenvalue weighted by Crippen LogP contribution is -2.13. The molecule has 0 saturated heterocycles. The maximum absolute atomic E-state index is 14.6. The fourth-order valence-corrected chi connectivity index (χ4v) is 3.05. The van der Waals surface area contributed by atoms with E-state index in [0.717, 1.165) is 5.39 Å². The summed E-state index contributed by atoms with van der Waals surface area (Å²) in [7, 11) is 0. The molecular formula is C15H9FN2OS. The average molecular weight is 284 g/mol. The lowest BCUT2D eigenvalue weighted by molar-refractivity contribution is 0.645. The first-order chi connectivity index (χ1) is 9.61. The third-order valence-corrected chi connectivity index (χ3v) is 4.05. The van der Waals surface area contributed by atoms with Crippen LogP contribution in [0.3, 0.4) is 0 Å². The van der Waals surface area contributed by atoms with Crippen LogP contribution in [0.5, 0.6) is 0 Å². The zero-order valence-corrected chi connectivity index (χ0v) is 11.3. The molecule has 0 fully saturated rings. The molecule has 3 nitrogen and oxygen atoms in total. The molecule has 2 heterocycles. The van der Waals surface area contributed by atoms with Crippen molar-refractivity contribution in [1.29, 1.82) is 5.26 Å². The molecule has 1 aromatic carbocycles. The van der Waals surface area contributed by atoms with Crippen LogP contribution in [0.4, 0.5) is 4.39 Å². The molecule has 0 unspecified atom stereocenters. The summed E-state index contributed by atoms with van der Waals surface area (Å²) < 4.78 is 15.1. The summed E-state index contributed by atoms with van der Waals surface area (Å²) in [5, 5.41) is 11.8. The number of aryl methyl sites for hydroxylation is 1. The Morgan fingerprint density at radius 2 is 2.10 bits per heavy atom. The molecule has 1 N–H and O–H groups in total. The Kier molecular flexibility index (Phi) is 2.88. The zero-order valence-electron chi connectivity index (χ0n) is 10.5. The van der Waals surface area contributed by atoms with Gasteiger partial charge in [-0.25, -0.2) is 4.39 Å². The third kappa shape index (κ3) is 1.82. The number of thiophene rings is 1. The number of nitrogens with zero attached hydrogens (tertiary/aromatic N) is 1. The Morgan fingerprint density at radius 3 is 2.85 bits per heavy atom. The minimum absolute atomic E-state index is 0.0644. The van der Waals surface area contributed by atoms with E-state index in [4.69, 9.17) is 5.26 Å². The number of halogens is 1. The summed E-state index contributed by atoms with van der Waals surface area (Å²) in [6, 6.07) is 8.71. The number of rotatable bonds is 1. The highest BCUT2D eigenvalue weighted by Gasteiger charge is 2.16. The van der Waals surface area contributed by atoms with Gasteiger partial charge in [0.1, 0.15) is 17.4 Å². The van der Waals surface area contributed by atoms with E-state index >= 15 is 0 Å². The summed E-state index contributed by atoms with van der Waals surface area (Å²) in [5.41, 5.74) is 0.653. The van der Waals surface area contributed by atoms with Gasteiger partial charge in [0.15, 0.2) is 0 Å². The van der Waals surface area contributed by atoms with Gasteiger partial charge in [-0.05, 0) is 29.8 Å². The molecule has 0 saturated carbocycles. The fraction of sp³-hybridized carbons (Fsp3) is 0.0667. The van der Waals surface area contributed by atoms with Gasteiger partial charge >= 0.3 is 0 Å². The highest BCUT2D eigenvalue weighted by atomic mass is 32.1. The molecule has 2 aromatic heterocycles. The minimum atomic E-state index is -0.492. The Labute approximate surface area is 117 Å². The summed E-state index contributed by atoms with van der Waals surface area (Å²) in [6.45, 7) is 1.70. The smallest absolute Gasteiger partial charge is 0.266 e. The van der Waals surface area contributed by atoms with Crippen LogP contribution < -0.4 is 5.56 Å². The lowest BCUT2D eigenvalue weighted by Gasteiger charge is -2.07. The first-order valence-corrected chi connectivity index (χ1v) is 6.80.